The molecule has 3 aromatic rings. The Morgan fingerprint density at radius 3 is 2.87 bits per heavy atom. The Hall–Kier alpha value is -3.23. The first kappa shape index (κ1) is 14.7. The fourth-order valence-corrected chi connectivity index (χ4v) is 2.34. The SMILES string of the molecule is Cc1ccc(Cc2nn3cnnc3n(CC(=O)O)c2=O)c(N)c1. The lowest BCUT2D eigenvalue weighted by Gasteiger charge is -2.09. The van der Waals surface area contributed by atoms with Crippen molar-refractivity contribution in [1.82, 2.24) is 24.4 Å². The number of nitrogen functional groups attached to an aromatic ring is 1. The topological polar surface area (TPSA) is 128 Å². The summed E-state index contributed by atoms with van der Waals surface area (Å²) < 4.78 is 2.31. The normalized spacial score (nSPS) is 11.0. The van der Waals surface area contributed by atoms with E-state index in [1.165, 1.54) is 10.8 Å². The van der Waals surface area contributed by atoms with Gasteiger partial charge in [-0.05, 0) is 24.1 Å². The first-order valence-electron chi connectivity index (χ1n) is 6.82. The van der Waals surface area contributed by atoms with Crippen molar-refractivity contribution < 1.29 is 9.90 Å². The van der Waals surface area contributed by atoms with Gasteiger partial charge in [-0.25, -0.2) is 0 Å². The molecule has 2 aromatic heterocycles. The maximum absolute atomic E-state index is 12.5. The number of anilines is 1. The molecule has 0 bridgehead atoms. The number of hydrogen-bond donors (Lipinski definition) is 2. The van der Waals surface area contributed by atoms with Crippen LogP contribution in [0.15, 0.2) is 29.3 Å². The highest BCUT2D eigenvalue weighted by Crippen LogP contribution is 2.16. The number of carboxylic acids is 1. The van der Waals surface area contributed by atoms with Crippen LogP contribution in [0.5, 0.6) is 0 Å². The van der Waals surface area contributed by atoms with E-state index in [0.29, 0.717) is 5.69 Å². The van der Waals surface area contributed by atoms with Crippen molar-refractivity contribution >= 4 is 17.4 Å². The van der Waals surface area contributed by atoms with Gasteiger partial charge in [0.05, 0.1) is 0 Å². The second-order valence-corrected chi connectivity index (χ2v) is 5.19. The van der Waals surface area contributed by atoms with E-state index in [1.807, 2.05) is 25.1 Å². The number of aliphatic carboxylic acids is 1. The van der Waals surface area contributed by atoms with Crippen molar-refractivity contribution in [3.8, 4) is 0 Å². The summed E-state index contributed by atoms with van der Waals surface area (Å²) in [6.45, 7) is 1.40. The molecule has 2 heterocycles. The molecule has 9 nitrogen and oxygen atoms in total. The minimum Gasteiger partial charge on any atom is -0.480 e. The van der Waals surface area contributed by atoms with Crippen LogP contribution in [0.25, 0.3) is 5.78 Å². The third-order valence-electron chi connectivity index (χ3n) is 3.43. The van der Waals surface area contributed by atoms with E-state index in [-0.39, 0.29) is 17.9 Å². The smallest absolute Gasteiger partial charge is 0.323 e. The summed E-state index contributed by atoms with van der Waals surface area (Å²) in [6.07, 6.45) is 1.51. The number of fused-ring (bicyclic) bond motifs is 1. The van der Waals surface area contributed by atoms with E-state index in [1.54, 1.807) is 0 Å². The molecule has 23 heavy (non-hydrogen) atoms. The molecule has 0 amide bonds. The Balaban J connectivity index is 2.12. The molecular weight excluding hydrogens is 300 g/mol. The van der Waals surface area contributed by atoms with Gasteiger partial charge in [-0.15, -0.1) is 10.2 Å². The molecule has 0 saturated carbocycles. The highest BCUT2D eigenvalue weighted by Gasteiger charge is 2.16. The van der Waals surface area contributed by atoms with Crippen LogP contribution in [0.4, 0.5) is 5.69 Å². The van der Waals surface area contributed by atoms with Gasteiger partial charge in [0.15, 0.2) is 0 Å². The van der Waals surface area contributed by atoms with Crippen molar-refractivity contribution in [3.63, 3.8) is 0 Å². The van der Waals surface area contributed by atoms with Crippen LogP contribution in [-0.4, -0.2) is 35.5 Å². The molecule has 0 unspecified atom stereocenters. The van der Waals surface area contributed by atoms with E-state index >= 15 is 0 Å². The number of benzene rings is 1. The fraction of sp³-hybridized carbons (Fsp3) is 0.214. The van der Waals surface area contributed by atoms with Crippen LogP contribution in [0.2, 0.25) is 0 Å². The number of nitrogens with two attached hydrogens (primary N) is 1. The first-order valence-corrected chi connectivity index (χ1v) is 6.82. The number of aromatic nitrogens is 5. The Kier molecular flexibility index (Phi) is 3.53. The summed E-state index contributed by atoms with van der Waals surface area (Å²) in [4.78, 5) is 23.5. The van der Waals surface area contributed by atoms with Crippen LogP contribution < -0.4 is 11.3 Å². The largest absolute Gasteiger partial charge is 0.480 e. The lowest BCUT2D eigenvalue weighted by Crippen LogP contribution is -2.31. The standard InChI is InChI=1S/C14H14N6O3/c1-8-2-3-9(10(15)4-8)5-11-13(23)19(6-12(21)22)14-17-16-7-20(14)18-11/h2-4,7H,5-6,15H2,1H3,(H,21,22). The molecule has 0 fully saturated rings. The average molecular weight is 314 g/mol. The minimum absolute atomic E-state index is 0.0815. The van der Waals surface area contributed by atoms with Crippen LogP contribution >= 0.6 is 0 Å². The van der Waals surface area contributed by atoms with Crippen molar-refractivity contribution in [3.05, 3.63) is 51.7 Å². The van der Waals surface area contributed by atoms with Crippen molar-refractivity contribution in [2.24, 2.45) is 0 Å². The zero-order chi connectivity index (χ0) is 16.6. The molecule has 0 radical (unpaired) electrons. The first-order chi connectivity index (χ1) is 11.0. The summed E-state index contributed by atoms with van der Waals surface area (Å²) >= 11 is 0. The van der Waals surface area contributed by atoms with E-state index < -0.39 is 18.1 Å². The lowest BCUT2D eigenvalue weighted by atomic mass is 10.1. The van der Waals surface area contributed by atoms with Crippen LogP contribution in [-0.2, 0) is 17.8 Å². The molecule has 0 aliphatic carbocycles. The zero-order valence-corrected chi connectivity index (χ0v) is 12.3. The number of rotatable bonds is 4. The summed E-state index contributed by atoms with van der Waals surface area (Å²) in [6, 6.07) is 5.52. The van der Waals surface area contributed by atoms with Crippen LogP contribution in [0, 0.1) is 6.92 Å². The Bertz CT molecular complexity index is 959. The maximum atomic E-state index is 12.5. The number of carboxylic acid groups (broad SMARTS) is 1. The quantitative estimate of drug-likeness (QED) is 0.641. The Morgan fingerprint density at radius 2 is 2.17 bits per heavy atom. The Labute approximate surface area is 130 Å². The molecule has 3 rings (SSSR count). The van der Waals surface area contributed by atoms with E-state index in [9.17, 15) is 9.59 Å². The fourth-order valence-electron chi connectivity index (χ4n) is 2.34. The van der Waals surface area contributed by atoms with Crippen LogP contribution in [0.3, 0.4) is 0 Å². The van der Waals surface area contributed by atoms with Gasteiger partial charge in [0.25, 0.3) is 11.3 Å². The van der Waals surface area contributed by atoms with Gasteiger partial charge in [0, 0.05) is 12.1 Å². The average Bonchev–Trinajstić information content (AvgIpc) is 2.93. The minimum atomic E-state index is -1.15. The van der Waals surface area contributed by atoms with Crippen LogP contribution in [0.1, 0.15) is 16.8 Å². The number of aryl methyl sites for hydroxylation is 1. The second-order valence-electron chi connectivity index (χ2n) is 5.19. The molecule has 1 aromatic carbocycles. The van der Waals surface area contributed by atoms with Gasteiger partial charge in [0.1, 0.15) is 18.6 Å². The predicted octanol–water partition coefficient (Wildman–Crippen LogP) is -0.148. The van der Waals surface area contributed by atoms with Crippen molar-refractivity contribution in [2.45, 2.75) is 19.9 Å². The van der Waals surface area contributed by atoms with Crippen molar-refractivity contribution in [1.29, 1.82) is 0 Å². The lowest BCUT2D eigenvalue weighted by molar-refractivity contribution is -0.137. The summed E-state index contributed by atoms with van der Waals surface area (Å²) in [7, 11) is 0. The third kappa shape index (κ3) is 2.76. The number of nitrogens with zero attached hydrogens (tertiary/aromatic N) is 5. The molecule has 118 valence electrons. The predicted molar refractivity (Wildman–Crippen MR) is 81.1 cm³/mol. The van der Waals surface area contributed by atoms with Gasteiger partial charge in [-0.3, -0.25) is 14.2 Å². The van der Waals surface area contributed by atoms with Gasteiger partial charge in [0.2, 0.25) is 0 Å². The molecule has 3 N–H and O–H groups in total. The second kappa shape index (κ2) is 5.52. The Morgan fingerprint density at radius 1 is 1.39 bits per heavy atom. The highest BCUT2D eigenvalue weighted by molar-refractivity contribution is 5.67. The highest BCUT2D eigenvalue weighted by atomic mass is 16.4. The van der Waals surface area contributed by atoms with Gasteiger partial charge in [-0.2, -0.15) is 9.61 Å². The van der Waals surface area contributed by atoms with E-state index in [4.69, 9.17) is 10.8 Å². The van der Waals surface area contributed by atoms with Gasteiger partial charge in [-0.1, -0.05) is 12.1 Å². The maximum Gasteiger partial charge on any atom is 0.323 e. The molecule has 0 spiro atoms. The monoisotopic (exact) mass is 314 g/mol. The molecule has 0 aliphatic heterocycles. The van der Waals surface area contributed by atoms with Crippen molar-refractivity contribution in [2.75, 3.05) is 5.73 Å². The number of hydrogen-bond acceptors (Lipinski definition) is 6. The summed E-state index contributed by atoms with van der Waals surface area (Å²) in [5.74, 6) is -1.07. The molecule has 0 saturated heterocycles. The molecule has 0 aliphatic rings. The van der Waals surface area contributed by atoms with Gasteiger partial charge < -0.3 is 10.8 Å². The van der Waals surface area contributed by atoms with E-state index in [0.717, 1.165) is 15.7 Å². The van der Waals surface area contributed by atoms with Gasteiger partial charge >= 0.3 is 5.97 Å². The summed E-state index contributed by atoms with van der Waals surface area (Å²) in [5, 5.41) is 20.6. The molecule has 9 heteroatoms. The van der Waals surface area contributed by atoms with E-state index in [2.05, 4.69) is 15.3 Å². The summed E-state index contributed by atoms with van der Waals surface area (Å²) in [5.41, 5.74) is 7.93. The molecular formula is C14H14N6O3. The zero-order valence-electron chi connectivity index (χ0n) is 12.3. The third-order valence-corrected chi connectivity index (χ3v) is 3.43. The number of carbonyl (C=O) groups is 1. The molecule has 0 atom stereocenters.